The van der Waals surface area contributed by atoms with E-state index in [9.17, 15) is 0 Å². The summed E-state index contributed by atoms with van der Waals surface area (Å²) in [6.45, 7) is 26.0. The maximum atomic E-state index is 6.45. The lowest BCUT2D eigenvalue weighted by Gasteiger charge is -2.32. The third-order valence-corrected chi connectivity index (χ3v) is 10.4. The molecule has 2 fully saturated rings. The second-order valence-corrected chi connectivity index (χ2v) is 14.6. The number of fused-ring (bicyclic) bond motifs is 3. The van der Waals surface area contributed by atoms with Gasteiger partial charge in [-0.2, -0.15) is 0 Å². The first-order chi connectivity index (χ1) is 19.6. The van der Waals surface area contributed by atoms with Crippen molar-refractivity contribution in [1.29, 1.82) is 0 Å². The molecule has 0 spiro atoms. The highest BCUT2D eigenvalue weighted by Gasteiger charge is 2.52. The van der Waals surface area contributed by atoms with Crippen LogP contribution in [0.2, 0.25) is 0 Å². The van der Waals surface area contributed by atoms with Gasteiger partial charge in [0.05, 0.1) is 22.4 Å². The normalized spacial score (nSPS) is 20.6. The molecule has 2 aliphatic heterocycles. The molecule has 224 valence electrons. The molecule has 0 bridgehead atoms. The van der Waals surface area contributed by atoms with Crippen LogP contribution in [0.15, 0.2) is 43.0 Å². The highest BCUT2D eigenvalue weighted by Crippen LogP contribution is 2.40. The third-order valence-electron chi connectivity index (χ3n) is 10.4. The van der Waals surface area contributed by atoms with Crippen molar-refractivity contribution in [3.8, 4) is 0 Å². The Morgan fingerprint density at radius 1 is 0.619 bits per heavy atom. The van der Waals surface area contributed by atoms with Crippen LogP contribution in [-0.2, 0) is 18.6 Å². The van der Waals surface area contributed by atoms with Gasteiger partial charge < -0.3 is 18.6 Å². The Bertz CT molecular complexity index is 1470. The summed E-state index contributed by atoms with van der Waals surface area (Å²) in [6.07, 6.45) is 7.21. The summed E-state index contributed by atoms with van der Waals surface area (Å²) in [7, 11) is -0.804. The summed E-state index contributed by atoms with van der Waals surface area (Å²) in [5.41, 5.74) is 4.25. The number of benzene rings is 3. The van der Waals surface area contributed by atoms with Gasteiger partial charge in [-0.15, -0.1) is 0 Å². The van der Waals surface area contributed by atoms with Gasteiger partial charge in [0.15, 0.2) is 0 Å². The molecule has 0 amide bonds. The number of hydrogen-bond acceptors (Lipinski definition) is 4. The van der Waals surface area contributed by atoms with Gasteiger partial charge in [0.2, 0.25) is 0 Å². The van der Waals surface area contributed by atoms with E-state index in [2.05, 4.69) is 112 Å². The van der Waals surface area contributed by atoms with Crippen LogP contribution in [0, 0.1) is 6.92 Å². The molecular formula is C36H50B2O4. The van der Waals surface area contributed by atoms with Crippen molar-refractivity contribution >= 4 is 52.3 Å². The van der Waals surface area contributed by atoms with Gasteiger partial charge in [-0.1, -0.05) is 75.6 Å². The minimum Gasteiger partial charge on any atom is -0.399 e. The summed E-state index contributed by atoms with van der Waals surface area (Å²) < 4.78 is 25.8. The summed E-state index contributed by atoms with van der Waals surface area (Å²) in [5.74, 6) is 0. The molecule has 0 saturated carbocycles. The Labute approximate surface area is 254 Å². The van der Waals surface area contributed by atoms with Crippen LogP contribution in [0.3, 0.4) is 0 Å². The van der Waals surface area contributed by atoms with Gasteiger partial charge in [0.1, 0.15) is 0 Å². The summed E-state index contributed by atoms with van der Waals surface area (Å²) in [4.78, 5) is 0. The SMILES string of the molecule is C=C(CCCCCCC)c1c(C)c2cc(B3OC(C)(C)C(C)(C)O3)ccc2c2ccc(B3OC(C)(C)C(C)(C)O3)cc12. The first-order valence-corrected chi connectivity index (χ1v) is 16.0. The van der Waals surface area contributed by atoms with E-state index in [4.69, 9.17) is 18.6 Å². The highest BCUT2D eigenvalue weighted by molar-refractivity contribution is 6.63. The van der Waals surface area contributed by atoms with Gasteiger partial charge in [-0.3, -0.25) is 0 Å². The molecule has 2 aliphatic rings. The number of rotatable bonds is 9. The summed E-state index contributed by atoms with van der Waals surface area (Å²) in [5, 5.41) is 4.88. The van der Waals surface area contributed by atoms with Crippen molar-refractivity contribution < 1.29 is 18.6 Å². The zero-order valence-corrected chi connectivity index (χ0v) is 27.7. The molecule has 0 aromatic heterocycles. The molecule has 2 saturated heterocycles. The molecule has 6 heteroatoms. The van der Waals surface area contributed by atoms with Crippen molar-refractivity contribution in [2.45, 2.75) is 130 Å². The van der Waals surface area contributed by atoms with E-state index in [1.165, 1.54) is 63.9 Å². The topological polar surface area (TPSA) is 36.9 Å². The van der Waals surface area contributed by atoms with Crippen molar-refractivity contribution in [3.05, 3.63) is 54.1 Å². The fourth-order valence-corrected chi connectivity index (χ4v) is 6.22. The van der Waals surface area contributed by atoms with Crippen molar-refractivity contribution in [2.24, 2.45) is 0 Å². The minimum absolute atomic E-state index is 0.383. The maximum Gasteiger partial charge on any atom is 0.494 e. The lowest BCUT2D eigenvalue weighted by molar-refractivity contribution is 0.00578. The minimum atomic E-state index is -0.406. The fraction of sp³-hybridized carbons (Fsp3) is 0.556. The number of allylic oxidation sites excluding steroid dienone is 1. The van der Waals surface area contributed by atoms with Crippen LogP contribution in [-0.4, -0.2) is 36.6 Å². The molecule has 0 N–H and O–H groups in total. The van der Waals surface area contributed by atoms with Crippen LogP contribution in [0.4, 0.5) is 0 Å². The predicted molar refractivity (Wildman–Crippen MR) is 180 cm³/mol. The molecule has 4 nitrogen and oxygen atoms in total. The average Bonchev–Trinajstić information content (AvgIpc) is 3.27. The molecular weight excluding hydrogens is 518 g/mol. The Kier molecular flexibility index (Phi) is 8.28. The number of hydrogen-bond donors (Lipinski definition) is 0. The van der Waals surface area contributed by atoms with E-state index in [1.54, 1.807) is 0 Å². The zero-order valence-electron chi connectivity index (χ0n) is 27.7. The predicted octanol–water partition coefficient (Wildman–Crippen LogP) is 8.27. The van der Waals surface area contributed by atoms with Gasteiger partial charge >= 0.3 is 14.2 Å². The van der Waals surface area contributed by atoms with E-state index in [-0.39, 0.29) is 22.4 Å². The van der Waals surface area contributed by atoms with Crippen LogP contribution in [0.25, 0.3) is 27.1 Å². The second kappa shape index (κ2) is 11.1. The zero-order chi connectivity index (χ0) is 30.7. The Hall–Kier alpha value is -2.11. The third kappa shape index (κ3) is 5.49. The van der Waals surface area contributed by atoms with Crippen molar-refractivity contribution in [2.75, 3.05) is 0 Å². The quantitative estimate of drug-likeness (QED) is 0.148. The molecule has 0 unspecified atom stereocenters. The van der Waals surface area contributed by atoms with E-state index in [0.29, 0.717) is 0 Å². The first kappa shape index (κ1) is 31.3. The van der Waals surface area contributed by atoms with Gasteiger partial charge in [-0.25, -0.2) is 0 Å². The molecule has 42 heavy (non-hydrogen) atoms. The molecule has 0 aliphatic carbocycles. The molecule has 3 aromatic carbocycles. The van der Waals surface area contributed by atoms with Crippen molar-refractivity contribution in [1.82, 2.24) is 0 Å². The molecule has 0 radical (unpaired) electrons. The lowest BCUT2D eigenvalue weighted by Crippen LogP contribution is -2.41. The molecule has 5 rings (SSSR count). The Morgan fingerprint density at radius 3 is 1.52 bits per heavy atom. The Morgan fingerprint density at radius 2 is 1.05 bits per heavy atom. The average molecular weight is 568 g/mol. The van der Waals surface area contributed by atoms with Gasteiger partial charge in [-0.05, 0) is 124 Å². The monoisotopic (exact) mass is 568 g/mol. The van der Waals surface area contributed by atoms with Crippen molar-refractivity contribution in [3.63, 3.8) is 0 Å². The van der Waals surface area contributed by atoms with E-state index in [1.807, 2.05) is 0 Å². The summed E-state index contributed by atoms with van der Waals surface area (Å²) >= 11 is 0. The van der Waals surface area contributed by atoms with E-state index in [0.717, 1.165) is 23.8 Å². The van der Waals surface area contributed by atoms with Crippen LogP contribution >= 0.6 is 0 Å². The van der Waals surface area contributed by atoms with Crippen LogP contribution < -0.4 is 10.9 Å². The second-order valence-electron chi connectivity index (χ2n) is 14.6. The number of unbranched alkanes of at least 4 members (excludes halogenated alkanes) is 4. The maximum absolute atomic E-state index is 6.45. The smallest absolute Gasteiger partial charge is 0.399 e. The fourth-order valence-electron chi connectivity index (χ4n) is 6.22. The van der Waals surface area contributed by atoms with Gasteiger partial charge in [0.25, 0.3) is 0 Å². The molecule has 3 aromatic rings. The standard InChI is InChI=1S/C36H50B2O4/c1-12-13-14-15-16-17-24(2)32-25(3)30-22-26(37-39-33(4,5)34(6,7)40-37)18-20-28(30)29-21-19-27(23-31(29)32)38-41-35(8,9)36(10,11)42-38/h18-23H,2,12-17H2,1,3-11H3. The number of aryl methyl sites for hydroxylation is 1. The largest absolute Gasteiger partial charge is 0.494 e. The molecule has 2 heterocycles. The van der Waals surface area contributed by atoms with E-state index < -0.39 is 14.2 Å². The van der Waals surface area contributed by atoms with Crippen LogP contribution in [0.5, 0.6) is 0 Å². The lowest BCUT2D eigenvalue weighted by atomic mass is 9.75. The first-order valence-electron chi connectivity index (χ1n) is 16.0. The highest BCUT2D eigenvalue weighted by atomic mass is 16.7. The van der Waals surface area contributed by atoms with E-state index >= 15 is 0 Å². The van der Waals surface area contributed by atoms with Gasteiger partial charge in [0, 0.05) is 0 Å². The van der Waals surface area contributed by atoms with Crippen LogP contribution in [0.1, 0.15) is 112 Å². The Balaban J connectivity index is 1.61. The summed E-state index contributed by atoms with van der Waals surface area (Å²) in [6, 6.07) is 13.4. The molecule has 0 atom stereocenters.